The van der Waals surface area contributed by atoms with Crippen LogP contribution >= 0.6 is 0 Å². The summed E-state index contributed by atoms with van der Waals surface area (Å²) in [5.74, 6) is 1.19. The second-order valence-electron chi connectivity index (χ2n) is 5.35. The maximum absolute atomic E-state index is 12.0. The zero-order valence-corrected chi connectivity index (χ0v) is 12.4. The molecule has 3 rings (SSSR count). The third-order valence-electron chi connectivity index (χ3n) is 3.59. The third kappa shape index (κ3) is 3.02. The molecule has 0 fully saturated rings. The van der Waals surface area contributed by atoms with E-state index in [4.69, 9.17) is 4.42 Å². The average molecular weight is 289 g/mol. The van der Waals surface area contributed by atoms with Crippen molar-refractivity contribution in [1.82, 2.24) is 24.9 Å². The molecule has 21 heavy (non-hydrogen) atoms. The number of hydrogen-bond donors (Lipinski definition) is 0. The highest BCUT2D eigenvalue weighted by molar-refractivity contribution is 5.20. The number of aromatic nitrogens is 4. The van der Waals surface area contributed by atoms with Gasteiger partial charge in [0.15, 0.2) is 0 Å². The molecule has 0 aliphatic carbocycles. The van der Waals surface area contributed by atoms with Crippen LogP contribution in [0.4, 0.5) is 0 Å². The molecule has 1 aliphatic rings. The Bertz CT molecular complexity index is 691. The van der Waals surface area contributed by atoms with Gasteiger partial charge in [-0.05, 0) is 12.0 Å². The molecule has 0 radical (unpaired) electrons. The average Bonchev–Trinajstić information content (AvgIpc) is 2.85. The van der Waals surface area contributed by atoms with Gasteiger partial charge in [0.2, 0.25) is 11.8 Å². The summed E-state index contributed by atoms with van der Waals surface area (Å²) >= 11 is 0. The number of nitrogens with zero attached hydrogens (tertiary/aromatic N) is 5. The Kier molecular flexibility index (Phi) is 3.83. The van der Waals surface area contributed by atoms with Crippen LogP contribution in [-0.4, -0.2) is 31.4 Å². The fourth-order valence-electron chi connectivity index (χ4n) is 2.60. The zero-order valence-electron chi connectivity index (χ0n) is 12.4. The van der Waals surface area contributed by atoms with Crippen LogP contribution < -0.4 is 5.56 Å². The van der Waals surface area contributed by atoms with E-state index in [1.165, 1.54) is 0 Å². The standard InChI is InChI=1S/C14H19N5O2/c1-3-5-19-14(20)7-11-8-18(6-4-12(11)17-19)9-13-16-15-10(2)21-13/h7H,3-6,8-9H2,1-2H3. The van der Waals surface area contributed by atoms with Crippen LogP contribution in [-0.2, 0) is 26.1 Å². The highest BCUT2D eigenvalue weighted by Gasteiger charge is 2.20. The lowest BCUT2D eigenvalue weighted by Gasteiger charge is -2.26. The van der Waals surface area contributed by atoms with Gasteiger partial charge in [0.25, 0.3) is 5.56 Å². The van der Waals surface area contributed by atoms with Gasteiger partial charge in [-0.15, -0.1) is 10.2 Å². The Balaban J connectivity index is 1.76. The van der Waals surface area contributed by atoms with E-state index in [1.807, 2.05) is 6.92 Å². The molecule has 1 aliphatic heterocycles. The molecule has 7 heteroatoms. The lowest BCUT2D eigenvalue weighted by atomic mass is 10.1. The monoisotopic (exact) mass is 289 g/mol. The van der Waals surface area contributed by atoms with Crippen LogP contribution in [0.1, 0.15) is 36.4 Å². The van der Waals surface area contributed by atoms with Crippen molar-refractivity contribution >= 4 is 0 Å². The fourth-order valence-corrected chi connectivity index (χ4v) is 2.60. The Morgan fingerprint density at radius 1 is 1.38 bits per heavy atom. The van der Waals surface area contributed by atoms with Crippen LogP contribution in [0.15, 0.2) is 15.3 Å². The lowest BCUT2D eigenvalue weighted by molar-refractivity contribution is 0.216. The van der Waals surface area contributed by atoms with E-state index in [-0.39, 0.29) is 5.56 Å². The minimum absolute atomic E-state index is 0.0221. The smallest absolute Gasteiger partial charge is 0.267 e. The van der Waals surface area contributed by atoms with Crippen molar-refractivity contribution in [2.75, 3.05) is 6.54 Å². The van der Waals surface area contributed by atoms with E-state index < -0.39 is 0 Å². The molecule has 0 aromatic carbocycles. The molecular weight excluding hydrogens is 270 g/mol. The van der Waals surface area contributed by atoms with Crippen molar-refractivity contribution in [3.05, 3.63) is 39.5 Å². The lowest BCUT2D eigenvalue weighted by Crippen LogP contribution is -2.34. The number of rotatable bonds is 4. The molecule has 0 N–H and O–H groups in total. The topological polar surface area (TPSA) is 77.1 Å². The second kappa shape index (κ2) is 5.77. The van der Waals surface area contributed by atoms with Crippen molar-refractivity contribution in [3.8, 4) is 0 Å². The molecule has 2 aromatic rings. The van der Waals surface area contributed by atoms with Crippen LogP contribution in [0.2, 0.25) is 0 Å². The first-order valence-corrected chi connectivity index (χ1v) is 7.27. The van der Waals surface area contributed by atoms with Crippen molar-refractivity contribution in [2.45, 2.75) is 46.3 Å². The quantitative estimate of drug-likeness (QED) is 0.832. The molecule has 2 aromatic heterocycles. The molecule has 0 saturated heterocycles. The van der Waals surface area contributed by atoms with Gasteiger partial charge < -0.3 is 4.42 Å². The predicted octanol–water partition coefficient (Wildman–Crippen LogP) is 0.903. The maximum Gasteiger partial charge on any atom is 0.267 e. The van der Waals surface area contributed by atoms with Gasteiger partial charge in [-0.2, -0.15) is 5.10 Å². The summed E-state index contributed by atoms with van der Waals surface area (Å²) in [6.07, 6.45) is 1.75. The Morgan fingerprint density at radius 2 is 2.24 bits per heavy atom. The predicted molar refractivity (Wildman–Crippen MR) is 75.6 cm³/mol. The minimum Gasteiger partial charge on any atom is -0.424 e. The summed E-state index contributed by atoms with van der Waals surface area (Å²) in [6.45, 7) is 6.69. The van der Waals surface area contributed by atoms with Crippen LogP contribution in [0.3, 0.4) is 0 Å². The molecular formula is C14H19N5O2. The summed E-state index contributed by atoms with van der Waals surface area (Å²) in [6, 6.07) is 1.71. The largest absolute Gasteiger partial charge is 0.424 e. The van der Waals surface area contributed by atoms with Gasteiger partial charge in [-0.25, -0.2) is 4.68 Å². The molecule has 0 saturated carbocycles. The summed E-state index contributed by atoms with van der Waals surface area (Å²) in [4.78, 5) is 14.2. The van der Waals surface area contributed by atoms with Gasteiger partial charge in [-0.1, -0.05) is 6.92 Å². The molecule has 7 nitrogen and oxygen atoms in total. The van der Waals surface area contributed by atoms with Crippen molar-refractivity contribution < 1.29 is 4.42 Å². The van der Waals surface area contributed by atoms with E-state index in [2.05, 4.69) is 20.2 Å². The maximum atomic E-state index is 12.0. The Hall–Kier alpha value is -2.02. The van der Waals surface area contributed by atoms with E-state index in [9.17, 15) is 4.79 Å². The van der Waals surface area contributed by atoms with E-state index >= 15 is 0 Å². The first-order valence-electron chi connectivity index (χ1n) is 7.27. The molecule has 3 heterocycles. The van der Waals surface area contributed by atoms with Gasteiger partial charge in [0, 0.05) is 39.0 Å². The number of hydrogen-bond acceptors (Lipinski definition) is 6. The van der Waals surface area contributed by atoms with Crippen molar-refractivity contribution in [3.63, 3.8) is 0 Å². The summed E-state index contributed by atoms with van der Waals surface area (Å²) in [5.41, 5.74) is 2.02. The van der Waals surface area contributed by atoms with E-state index in [0.717, 1.165) is 30.6 Å². The van der Waals surface area contributed by atoms with Gasteiger partial charge in [0.1, 0.15) is 0 Å². The number of fused-ring (bicyclic) bond motifs is 1. The molecule has 0 amide bonds. The first-order chi connectivity index (χ1) is 10.2. The molecule has 112 valence electrons. The van der Waals surface area contributed by atoms with Crippen molar-refractivity contribution in [1.29, 1.82) is 0 Å². The van der Waals surface area contributed by atoms with Gasteiger partial charge in [0.05, 0.1) is 12.2 Å². The Morgan fingerprint density at radius 3 is 2.95 bits per heavy atom. The fraction of sp³-hybridized carbons (Fsp3) is 0.571. The summed E-state index contributed by atoms with van der Waals surface area (Å²) in [7, 11) is 0. The third-order valence-corrected chi connectivity index (χ3v) is 3.59. The summed E-state index contributed by atoms with van der Waals surface area (Å²) < 4.78 is 6.97. The highest BCUT2D eigenvalue weighted by atomic mass is 16.4. The summed E-state index contributed by atoms with van der Waals surface area (Å²) in [5, 5.41) is 12.3. The van der Waals surface area contributed by atoms with Gasteiger partial charge in [-0.3, -0.25) is 9.69 Å². The zero-order chi connectivity index (χ0) is 14.8. The molecule has 0 unspecified atom stereocenters. The normalized spacial score (nSPS) is 15.1. The van der Waals surface area contributed by atoms with E-state index in [1.54, 1.807) is 17.7 Å². The van der Waals surface area contributed by atoms with Gasteiger partial charge >= 0.3 is 0 Å². The van der Waals surface area contributed by atoms with Crippen LogP contribution in [0.25, 0.3) is 0 Å². The second-order valence-corrected chi connectivity index (χ2v) is 5.35. The number of aryl methyl sites for hydroxylation is 2. The molecule has 0 bridgehead atoms. The molecule has 0 spiro atoms. The van der Waals surface area contributed by atoms with Crippen molar-refractivity contribution in [2.24, 2.45) is 0 Å². The minimum atomic E-state index is -0.0221. The highest BCUT2D eigenvalue weighted by Crippen LogP contribution is 2.17. The van der Waals surface area contributed by atoms with Crippen LogP contribution in [0.5, 0.6) is 0 Å². The SMILES string of the molecule is CCCn1nc2c(cc1=O)CN(Cc1nnc(C)o1)CC2. The first kappa shape index (κ1) is 13.9. The van der Waals surface area contributed by atoms with Crippen LogP contribution in [0, 0.1) is 6.92 Å². The molecule has 0 atom stereocenters. The Labute approximate surface area is 122 Å². The van der Waals surface area contributed by atoms with E-state index in [0.29, 0.717) is 31.4 Å².